The molecule has 2 N–H and O–H groups in total. The number of carbonyl (C=O) groups excluding carboxylic acids is 1. The number of sulfonamides is 1. The number of methoxy groups -OCH3 is 1. The third kappa shape index (κ3) is 4.17. The second-order valence-corrected chi connectivity index (χ2v) is 8.65. The molecule has 0 atom stereocenters. The van der Waals surface area contributed by atoms with Crippen molar-refractivity contribution in [3.8, 4) is 5.75 Å². The summed E-state index contributed by atoms with van der Waals surface area (Å²) in [7, 11) is -2.04. The summed E-state index contributed by atoms with van der Waals surface area (Å²) < 4.78 is 32.3. The molecule has 0 aromatic heterocycles. The van der Waals surface area contributed by atoms with Gasteiger partial charge >= 0.3 is 6.03 Å². The second kappa shape index (κ2) is 7.65. The molecule has 7 nitrogen and oxygen atoms in total. The first kappa shape index (κ1) is 18.7. The third-order valence-corrected chi connectivity index (χ3v) is 6.36. The first-order valence-corrected chi connectivity index (χ1v) is 10.1. The van der Waals surface area contributed by atoms with E-state index in [0.29, 0.717) is 11.4 Å². The van der Waals surface area contributed by atoms with E-state index in [1.165, 1.54) is 23.5 Å². The molecule has 0 radical (unpaired) electrons. The zero-order chi connectivity index (χ0) is 18.7. The number of rotatable bonds is 5. The summed E-state index contributed by atoms with van der Waals surface area (Å²) >= 11 is 3.33. The van der Waals surface area contributed by atoms with E-state index < -0.39 is 10.0 Å². The van der Waals surface area contributed by atoms with Crippen LogP contribution in [-0.2, 0) is 10.0 Å². The summed E-state index contributed by atoms with van der Waals surface area (Å²) in [5.74, 6) is 0.594. The monoisotopic (exact) mass is 439 g/mol. The fourth-order valence-corrected chi connectivity index (χ4v) is 4.30. The maximum Gasteiger partial charge on any atom is 0.319 e. The minimum absolute atomic E-state index is 0.205. The van der Waals surface area contributed by atoms with Crippen molar-refractivity contribution in [3.63, 3.8) is 0 Å². The van der Waals surface area contributed by atoms with E-state index in [0.717, 1.165) is 4.47 Å². The minimum Gasteiger partial charge on any atom is -0.497 e. The van der Waals surface area contributed by atoms with Crippen molar-refractivity contribution in [1.29, 1.82) is 0 Å². The van der Waals surface area contributed by atoms with Gasteiger partial charge in [-0.05, 0) is 48.5 Å². The van der Waals surface area contributed by atoms with Gasteiger partial charge in [-0.25, -0.2) is 13.2 Å². The van der Waals surface area contributed by atoms with Crippen LogP contribution in [0.2, 0.25) is 0 Å². The summed E-state index contributed by atoms with van der Waals surface area (Å²) in [6, 6.07) is 12.8. The third-order valence-electron chi connectivity index (χ3n) is 3.98. The first-order valence-electron chi connectivity index (χ1n) is 7.86. The van der Waals surface area contributed by atoms with Crippen LogP contribution in [0.15, 0.2) is 57.9 Å². The van der Waals surface area contributed by atoms with Crippen molar-refractivity contribution in [2.24, 2.45) is 0 Å². The smallest absolute Gasteiger partial charge is 0.319 e. The largest absolute Gasteiger partial charge is 0.497 e. The molecular formula is C17H18BrN3O4S. The highest BCUT2D eigenvalue weighted by molar-refractivity contribution is 9.10. The van der Waals surface area contributed by atoms with Crippen LogP contribution in [0.4, 0.5) is 10.5 Å². The SMILES string of the molecule is COc1ccc(S(=O)(=O)N2CC(NC(=O)Nc3ccc(Br)cc3)C2)cc1. The van der Waals surface area contributed by atoms with Crippen molar-refractivity contribution in [2.45, 2.75) is 10.9 Å². The predicted octanol–water partition coefficient (Wildman–Crippen LogP) is 2.65. The van der Waals surface area contributed by atoms with Gasteiger partial charge in [-0.3, -0.25) is 0 Å². The molecule has 0 bridgehead atoms. The van der Waals surface area contributed by atoms with Crippen LogP contribution in [0.1, 0.15) is 0 Å². The van der Waals surface area contributed by atoms with Gasteiger partial charge in [0, 0.05) is 23.2 Å². The van der Waals surface area contributed by atoms with Crippen LogP contribution in [0.3, 0.4) is 0 Å². The van der Waals surface area contributed by atoms with E-state index in [1.807, 2.05) is 12.1 Å². The van der Waals surface area contributed by atoms with Crippen molar-refractivity contribution in [3.05, 3.63) is 53.0 Å². The molecule has 138 valence electrons. The van der Waals surface area contributed by atoms with E-state index >= 15 is 0 Å². The van der Waals surface area contributed by atoms with Gasteiger partial charge in [0.05, 0.1) is 18.0 Å². The Bertz CT molecular complexity index is 879. The number of amides is 2. The number of benzene rings is 2. The minimum atomic E-state index is -3.56. The number of nitrogens with one attached hydrogen (secondary N) is 2. The zero-order valence-electron chi connectivity index (χ0n) is 14.0. The Hall–Kier alpha value is -2.10. The van der Waals surface area contributed by atoms with Crippen molar-refractivity contribution >= 4 is 37.7 Å². The lowest BCUT2D eigenvalue weighted by Gasteiger charge is -2.38. The Kier molecular flexibility index (Phi) is 5.49. The summed E-state index contributed by atoms with van der Waals surface area (Å²) in [6.07, 6.45) is 0. The van der Waals surface area contributed by atoms with Crippen molar-refractivity contribution in [2.75, 3.05) is 25.5 Å². The number of hydrogen-bond donors (Lipinski definition) is 2. The molecule has 26 heavy (non-hydrogen) atoms. The molecule has 0 spiro atoms. The van der Waals surface area contributed by atoms with Crippen molar-refractivity contribution in [1.82, 2.24) is 9.62 Å². The maximum atomic E-state index is 12.5. The van der Waals surface area contributed by atoms with Gasteiger partial charge in [-0.1, -0.05) is 15.9 Å². The fourth-order valence-electron chi connectivity index (χ4n) is 2.51. The molecule has 1 saturated heterocycles. The number of anilines is 1. The van der Waals surface area contributed by atoms with Gasteiger partial charge in [0.1, 0.15) is 5.75 Å². The lowest BCUT2D eigenvalue weighted by Crippen LogP contribution is -2.61. The van der Waals surface area contributed by atoms with Gasteiger partial charge in [0.15, 0.2) is 0 Å². The van der Waals surface area contributed by atoms with Crippen LogP contribution in [0.25, 0.3) is 0 Å². The molecule has 2 amide bonds. The summed E-state index contributed by atoms with van der Waals surface area (Å²) in [5, 5.41) is 5.48. The van der Waals surface area contributed by atoms with Gasteiger partial charge in [0.2, 0.25) is 10.0 Å². The second-order valence-electron chi connectivity index (χ2n) is 5.80. The van der Waals surface area contributed by atoms with Crippen LogP contribution in [-0.4, -0.2) is 45.0 Å². The van der Waals surface area contributed by atoms with E-state index in [4.69, 9.17) is 4.74 Å². The number of ether oxygens (including phenoxy) is 1. The molecule has 1 aliphatic rings. The topological polar surface area (TPSA) is 87.7 Å². The lowest BCUT2D eigenvalue weighted by atomic mass is 10.2. The van der Waals surface area contributed by atoms with Crippen LogP contribution in [0, 0.1) is 0 Å². The highest BCUT2D eigenvalue weighted by Crippen LogP contribution is 2.23. The molecule has 2 aromatic rings. The zero-order valence-corrected chi connectivity index (χ0v) is 16.4. The molecule has 1 aliphatic heterocycles. The summed E-state index contributed by atoms with van der Waals surface area (Å²) in [5.41, 5.74) is 0.660. The molecule has 2 aromatic carbocycles. The Morgan fingerprint density at radius 1 is 1.12 bits per heavy atom. The molecule has 1 fully saturated rings. The molecule has 0 aliphatic carbocycles. The Morgan fingerprint density at radius 3 is 2.31 bits per heavy atom. The summed E-state index contributed by atoms with van der Waals surface area (Å²) in [6.45, 7) is 0.476. The van der Waals surface area contributed by atoms with Gasteiger partial charge in [-0.15, -0.1) is 0 Å². The van der Waals surface area contributed by atoms with Crippen LogP contribution >= 0.6 is 15.9 Å². The average Bonchev–Trinajstić information content (AvgIpc) is 2.59. The van der Waals surface area contributed by atoms with Gasteiger partial charge in [-0.2, -0.15) is 4.31 Å². The predicted molar refractivity (Wildman–Crippen MR) is 102 cm³/mol. The Labute approximate surface area is 160 Å². The number of hydrogen-bond acceptors (Lipinski definition) is 4. The molecule has 1 heterocycles. The highest BCUT2D eigenvalue weighted by atomic mass is 79.9. The van der Waals surface area contributed by atoms with Crippen LogP contribution < -0.4 is 15.4 Å². The van der Waals surface area contributed by atoms with Crippen LogP contribution in [0.5, 0.6) is 5.75 Å². The molecule has 3 rings (SSSR count). The first-order chi connectivity index (χ1) is 12.4. The Morgan fingerprint density at radius 2 is 1.73 bits per heavy atom. The quantitative estimate of drug-likeness (QED) is 0.749. The average molecular weight is 440 g/mol. The lowest BCUT2D eigenvalue weighted by molar-refractivity contribution is 0.213. The molecular weight excluding hydrogens is 422 g/mol. The van der Waals surface area contributed by atoms with E-state index in [-0.39, 0.29) is 30.1 Å². The number of carbonyl (C=O) groups is 1. The van der Waals surface area contributed by atoms with Gasteiger partial charge in [0.25, 0.3) is 0 Å². The Balaban J connectivity index is 1.52. The molecule has 9 heteroatoms. The number of nitrogens with zero attached hydrogens (tertiary/aromatic N) is 1. The number of halogens is 1. The normalized spacial score (nSPS) is 15.2. The molecule has 0 saturated carbocycles. The maximum absolute atomic E-state index is 12.5. The fraction of sp³-hybridized carbons (Fsp3) is 0.235. The summed E-state index contributed by atoms with van der Waals surface area (Å²) in [4.78, 5) is 12.2. The van der Waals surface area contributed by atoms with Gasteiger partial charge < -0.3 is 15.4 Å². The number of urea groups is 1. The van der Waals surface area contributed by atoms with E-state index in [9.17, 15) is 13.2 Å². The van der Waals surface area contributed by atoms with E-state index in [1.54, 1.807) is 24.3 Å². The van der Waals surface area contributed by atoms with E-state index in [2.05, 4.69) is 26.6 Å². The highest BCUT2D eigenvalue weighted by Gasteiger charge is 2.37. The molecule has 0 unspecified atom stereocenters. The van der Waals surface area contributed by atoms with Crippen molar-refractivity contribution < 1.29 is 17.9 Å². The standard InChI is InChI=1S/C17H18BrN3O4S/c1-25-15-6-8-16(9-7-15)26(23,24)21-10-14(11-21)20-17(22)19-13-4-2-12(18)3-5-13/h2-9,14H,10-11H2,1H3,(H2,19,20,22).